The number of H-pyrrole nitrogens is 4. The standard InChI is InChI=1S/C20H19N7/c21-13-9-18-20(23)16-6-5-15(26-16)19(22)14-4-3-11(25-14)7-10-1-2-12(24-10)8-17(13)27-18/h1-9,24-27H,21-23H2. The molecule has 4 aromatic heterocycles. The Kier molecular flexibility index (Phi) is 3.11. The molecular formula is C20H19N7. The average molecular weight is 357 g/mol. The van der Waals surface area contributed by atoms with Gasteiger partial charge in [-0.2, -0.15) is 0 Å². The first-order chi connectivity index (χ1) is 13.1. The Balaban J connectivity index is 1.87. The normalized spacial score (nSPS) is 13.3. The van der Waals surface area contributed by atoms with Crippen LogP contribution in [0.2, 0.25) is 0 Å². The van der Waals surface area contributed by atoms with Gasteiger partial charge in [0, 0.05) is 16.7 Å². The van der Waals surface area contributed by atoms with Crippen molar-refractivity contribution in [2.45, 2.75) is 0 Å². The van der Waals surface area contributed by atoms with E-state index in [1.807, 2.05) is 54.6 Å². The minimum atomic E-state index is 0.570. The lowest BCUT2D eigenvalue weighted by Gasteiger charge is -1.99. The number of fused-ring (bicyclic) bond motifs is 8. The lowest BCUT2D eigenvalue weighted by Crippen LogP contribution is -2.20. The van der Waals surface area contributed by atoms with E-state index in [2.05, 4.69) is 19.9 Å². The Morgan fingerprint density at radius 2 is 1.30 bits per heavy atom. The van der Waals surface area contributed by atoms with Gasteiger partial charge >= 0.3 is 0 Å². The van der Waals surface area contributed by atoms with Crippen LogP contribution in [0.15, 0.2) is 42.5 Å². The molecule has 1 aliphatic rings. The maximum atomic E-state index is 6.35. The van der Waals surface area contributed by atoms with E-state index in [9.17, 15) is 0 Å². The summed E-state index contributed by atoms with van der Waals surface area (Å²) in [7, 11) is 0. The maximum Gasteiger partial charge on any atom is 0.0793 e. The molecule has 0 amide bonds. The van der Waals surface area contributed by atoms with Gasteiger partial charge in [0.15, 0.2) is 0 Å². The molecule has 0 aliphatic carbocycles. The second kappa shape index (κ2) is 5.50. The van der Waals surface area contributed by atoms with Gasteiger partial charge in [-0.1, -0.05) is 0 Å². The molecular weight excluding hydrogens is 338 g/mol. The summed E-state index contributed by atoms with van der Waals surface area (Å²) in [4.78, 5) is 13.3. The summed E-state index contributed by atoms with van der Waals surface area (Å²) < 4.78 is 0. The van der Waals surface area contributed by atoms with Crippen LogP contribution in [-0.2, 0) is 0 Å². The van der Waals surface area contributed by atoms with Crippen molar-refractivity contribution in [2.24, 2.45) is 11.5 Å². The van der Waals surface area contributed by atoms with Crippen molar-refractivity contribution >= 4 is 29.2 Å². The first-order valence-electron chi connectivity index (χ1n) is 8.58. The van der Waals surface area contributed by atoms with Crippen molar-refractivity contribution in [3.05, 3.63) is 86.6 Å². The van der Waals surface area contributed by atoms with Crippen molar-refractivity contribution in [1.82, 2.24) is 19.9 Å². The van der Waals surface area contributed by atoms with Crippen molar-refractivity contribution in [3.63, 3.8) is 0 Å². The molecule has 0 saturated carbocycles. The largest absolute Gasteiger partial charge is 0.397 e. The summed E-state index contributed by atoms with van der Waals surface area (Å²) >= 11 is 0. The fourth-order valence-corrected chi connectivity index (χ4v) is 3.32. The fourth-order valence-electron chi connectivity index (χ4n) is 3.32. The third-order valence-electron chi connectivity index (χ3n) is 4.78. The molecule has 0 saturated heterocycles. The number of hydrogen-bond donors (Lipinski definition) is 7. The molecule has 0 atom stereocenters. The van der Waals surface area contributed by atoms with Crippen molar-refractivity contribution < 1.29 is 0 Å². The van der Waals surface area contributed by atoms with Crippen LogP contribution in [0.3, 0.4) is 0 Å². The highest BCUT2D eigenvalue weighted by atomic mass is 14.8. The molecule has 8 bridgehead atoms. The number of nitrogens with two attached hydrogens (primary N) is 3. The van der Waals surface area contributed by atoms with Crippen LogP contribution in [0.25, 0.3) is 23.5 Å². The highest BCUT2D eigenvalue weighted by molar-refractivity contribution is 5.66. The SMILES string of the molecule is NC1=c2ccc([nH]2)=Cc2ccc([nH]2)C=c2[nH]c(cc2N)=C(N)c2ccc1[nH]2. The molecule has 27 heavy (non-hydrogen) atoms. The third kappa shape index (κ3) is 2.53. The number of hydrogen-bond acceptors (Lipinski definition) is 3. The number of nitrogens with one attached hydrogen (secondary N) is 4. The van der Waals surface area contributed by atoms with Gasteiger partial charge in [-0.25, -0.2) is 0 Å². The average Bonchev–Trinajstić information content (AvgIpc) is 3.42. The lowest BCUT2D eigenvalue weighted by molar-refractivity contribution is 1.18. The number of nitrogen functional groups attached to an aromatic ring is 1. The highest BCUT2D eigenvalue weighted by Gasteiger charge is 2.07. The van der Waals surface area contributed by atoms with E-state index in [-0.39, 0.29) is 0 Å². The van der Waals surface area contributed by atoms with E-state index < -0.39 is 0 Å². The molecule has 0 radical (unpaired) electrons. The van der Waals surface area contributed by atoms with Crippen molar-refractivity contribution in [3.8, 4) is 0 Å². The zero-order valence-electron chi connectivity index (χ0n) is 14.4. The zero-order chi connectivity index (χ0) is 18.5. The molecule has 5 heterocycles. The van der Waals surface area contributed by atoms with Gasteiger partial charge in [0.25, 0.3) is 0 Å². The molecule has 1 aliphatic heterocycles. The minimum absolute atomic E-state index is 0.570. The number of aromatic nitrogens is 4. The van der Waals surface area contributed by atoms with Gasteiger partial charge < -0.3 is 37.1 Å². The predicted octanol–water partition coefficient (Wildman–Crippen LogP) is -1.22. The number of aromatic amines is 4. The Morgan fingerprint density at radius 1 is 0.593 bits per heavy atom. The molecule has 0 spiro atoms. The molecule has 5 rings (SSSR count). The maximum absolute atomic E-state index is 6.35. The molecule has 4 aromatic rings. The van der Waals surface area contributed by atoms with E-state index in [4.69, 9.17) is 17.2 Å². The van der Waals surface area contributed by atoms with Gasteiger partial charge in [0.2, 0.25) is 0 Å². The van der Waals surface area contributed by atoms with Crippen LogP contribution in [0.1, 0.15) is 22.8 Å². The third-order valence-corrected chi connectivity index (χ3v) is 4.78. The van der Waals surface area contributed by atoms with Crippen LogP contribution >= 0.6 is 0 Å². The van der Waals surface area contributed by atoms with Gasteiger partial charge in [-0.15, -0.1) is 0 Å². The summed E-state index contributed by atoms with van der Waals surface area (Å²) in [6.07, 6.45) is 3.98. The molecule has 0 fully saturated rings. The smallest absolute Gasteiger partial charge is 0.0793 e. The molecule has 134 valence electrons. The van der Waals surface area contributed by atoms with E-state index in [1.165, 1.54) is 0 Å². The Bertz CT molecular complexity index is 1410. The molecule has 7 nitrogen and oxygen atoms in total. The first-order valence-corrected chi connectivity index (χ1v) is 8.58. The zero-order valence-corrected chi connectivity index (χ0v) is 14.4. The fraction of sp³-hybridized carbons (Fsp3) is 0. The Morgan fingerprint density at radius 3 is 2.07 bits per heavy atom. The molecule has 7 heteroatoms. The summed E-state index contributed by atoms with van der Waals surface area (Å²) in [5, 5.41) is 3.34. The number of rotatable bonds is 0. The van der Waals surface area contributed by atoms with Crippen molar-refractivity contribution in [1.29, 1.82) is 0 Å². The van der Waals surface area contributed by atoms with Gasteiger partial charge in [0.1, 0.15) is 0 Å². The van der Waals surface area contributed by atoms with Crippen molar-refractivity contribution in [2.75, 3.05) is 5.73 Å². The molecule has 0 unspecified atom stereocenters. The van der Waals surface area contributed by atoms with Crippen LogP contribution in [-0.4, -0.2) is 19.9 Å². The monoisotopic (exact) mass is 357 g/mol. The second-order valence-electron chi connectivity index (χ2n) is 6.65. The van der Waals surface area contributed by atoms with E-state index in [0.29, 0.717) is 17.1 Å². The van der Waals surface area contributed by atoms with Crippen LogP contribution in [0.5, 0.6) is 0 Å². The Hall–Kier alpha value is -4.00. The molecule has 10 N–H and O–H groups in total. The lowest BCUT2D eigenvalue weighted by atomic mass is 10.3. The van der Waals surface area contributed by atoms with Gasteiger partial charge in [-0.3, -0.25) is 0 Å². The summed E-state index contributed by atoms with van der Waals surface area (Å²) in [6.45, 7) is 0. The van der Waals surface area contributed by atoms with Gasteiger partial charge in [-0.05, 0) is 54.6 Å². The van der Waals surface area contributed by atoms with E-state index >= 15 is 0 Å². The number of anilines is 1. The summed E-state index contributed by atoms with van der Waals surface area (Å²) in [6, 6.07) is 13.6. The van der Waals surface area contributed by atoms with Crippen LogP contribution in [0.4, 0.5) is 5.69 Å². The van der Waals surface area contributed by atoms with E-state index in [1.54, 1.807) is 0 Å². The Labute approximate surface area is 153 Å². The van der Waals surface area contributed by atoms with Crippen LogP contribution < -0.4 is 38.6 Å². The van der Waals surface area contributed by atoms with Gasteiger partial charge in [0.05, 0.1) is 44.5 Å². The second-order valence-corrected chi connectivity index (χ2v) is 6.65. The minimum Gasteiger partial charge on any atom is -0.397 e. The topological polar surface area (TPSA) is 141 Å². The van der Waals surface area contributed by atoms with E-state index in [0.717, 1.165) is 44.2 Å². The highest BCUT2D eigenvalue weighted by Crippen LogP contribution is 2.10. The molecule has 0 aromatic carbocycles. The summed E-state index contributed by atoms with van der Waals surface area (Å²) in [5.74, 6) is 0. The quantitative estimate of drug-likeness (QED) is 0.212. The predicted molar refractivity (Wildman–Crippen MR) is 107 cm³/mol. The van der Waals surface area contributed by atoms with Crippen LogP contribution in [0, 0.1) is 0 Å². The summed E-state index contributed by atoms with van der Waals surface area (Å²) in [5.41, 5.74) is 24.2. The first kappa shape index (κ1) is 15.3.